The van der Waals surface area contributed by atoms with Gasteiger partial charge in [0, 0.05) is 26.1 Å². The lowest BCUT2D eigenvalue weighted by molar-refractivity contribution is -0.132. The van der Waals surface area contributed by atoms with E-state index in [0.717, 1.165) is 16.7 Å². The van der Waals surface area contributed by atoms with E-state index in [1.165, 1.54) is 4.90 Å². The summed E-state index contributed by atoms with van der Waals surface area (Å²) in [5, 5.41) is 0. The second-order valence-corrected chi connectivity index (χ2v) is 7.60. The number of methoxy groups -OCH3 is 2. The molecule has 7 heteroatoms. The number of benzene rings is 2. The molecular formula is C23H24N2O5. The van der Waals surface area contributed by atoms with E-state index in [0.29, 0.717) is 42.1 Å². The third kappa shape index (κ3) is 3.40. The van der Waals surface area contributed by atoms with E-state index in [4.69, 9.17) is 9.47 Å². The van der Waals surface area contributed by atoms with Crippen molar-refractivity contribution in [3.8, 4) is 11.5 Å². The van der Waals surface area contributed by atoms with Crippen molar-refractivity contribution in [3.63, 3.8) is 0 Å². The molecule has 156 valence electrons. The third-order valence-electron chi connectivity index (χ3n) is 5.75. The predicted molar refractivity (Wildman–Crippen MR) is 110 cm³/mol. The van der Waals surface area contributed by atoms with Gasteiger partial charge in [0.1, 0.15) is 0 Å². The SMILES string of the molecule is COc1cc2c(cc1OC)CN(C(=O)CCN1C(=O)c3ccc(C)cc3C1=O)CC2. The van der Waals surface area contributed by atoms with Gasteiger partial charge in [-0.25, -0.2) is 0 Å². The minimum atomic E-state index is -0.330. The molecule has 2 aliphatic rings. The van der Waals surface area contributed by atoms with E-state index in [-0.39, 0.29) is 30.7 Å². The Bertz CT molecular complexity index is 1050. The second kappa shape index (κ2) is 7.82. The zero-order valence-electron chi connectivity index (χ0n) is 17.4. The highest BCUT2D eigenvalue weighted by molar-refractivity contribution is 6.21. The van der Waals surface area contributed by atoms with Gasteiger partial charge >= 0.3 is 0 Å². The third-order valence-corrected chi connectivity index (χ3v) is 5.75. The van der Waals surface area contributed by atoms with Crippen LogP contribution in [-0.4, -0.2) is 54.8 Å². The molecule has 2 aliphatic heterocycles. The monoisotopic (exact) mass is 408 g/mol. The van der Waals surface area contributed by atoms with Gasteiger partial charge in [0.25, 0.3) is 11.8 Å². The maximum atomic E-state index is 12.8. The van der Waals surface area contributed by atoms with Crippen LogP contribution in [0.4, 0.5) is 0 Å². The summed E-state index contributed by atoms with van der Waals surface area (Å²) >= 11 is 0. The van der Waals surface area contributed by atoms with Crippen LogP contribution in [0.5, 0.6) is 11.5 Å². The number of hydrogen-bond donors (Lipinski definition) is 0. The molecule has 0 bridgehead atoms. The Morgan fingerprint density at radius 3 is 2.33 bits per heavy atom. The molecule has 2 heterocycles. The molecule has 7 nitrogen and oxygen atoms in total. The number of rotatable bonds is 5. The van der Waals surface area contributed by atoms with E-state index in [1.807, 2.05) is 25.1 Å². The summed E-state index contributed by atoms with van der Waals surface area (Å²) in [6.07, 6.45) is 0.820. The Kier molecular flexibility index (Phi) is 5.20. The topological polar surface area (TPSA) is 76.2 Å². The highest BCUT2D eigenvalue weighted by Gasteiger charge is 2.35. The lowest BCUT2D eigenvalue weighted by Gasteiger charge is -2.30. The van der Waals surface area contributed by atoms with Gasteiger partial charge < -0.3 is 14.4 Å². The zero-order chi connectivity index (χ0) is 21.4. The quantitative estimate of drug-likeness (QED) is 0.711. The van der Waals surface area contributed by atoms with Gasteiger partial charge in [-0.2, -0.15) is 0 Å². The van der Waals surface area contributed by atoms with Gasteiger partial charge in [-0.05, 0) is 48.7 Å². The van der Waals surface area contributed by atoms with Crippen LogP contribution in [0.15, 0.2) is 30.3 Å². The number of carbonyl (C=O) groups excluding carboxylic acids is 3. The van der Waals surface area contributed by atoms with E-state index in [2.05, 4.69) is 0 Å². The van der Waals surface area contributed by atoms with Crippen LogP contribution in [0, 0.1) is 6.92 Å². The Hall–Kier alpha value is -3.35. The van der Waals surface area contributed by atoms with Crippen LogP contribution in [-0.2, 0) is 17.8 Å². The first-order valence-electron chi connectivity index (χ1n) is 9.91. The first-order valence-corrected chi connectivity index (χ1v) is 9.91. The Morgan fingerprint density at radius 1 is 0.967 bits per heavy atom. The average Bonchev–Trinajstić information content (AvgIpc) is 2.99. The molecule has 30 heavy (non-hydrogen) atoms. The van der Waals surface area contributed by atoms with Crippen LogP contribution in [0.2, 0.25) is 0 Å². The number of amides is 3. The normalized spacial score (nSPS) is 15.2. The molecule has 2 aromatic carbocycles. The highest BCUT2D eigenvalue weighted by atomic mass is 16.5. The van der Waals surface area contributed by atoms with Crippen LogP contribution in [0.25, 0.3) is 0 Å². The fourth-order valence-corrected chi connectivity index (χ4v) is 4.07. The zero-order valence-corrected chi connectivity index (χ0v) is 17.4. The van der Waals surface area contributed by atoms with Gasteiger partial charge in [0.15, 0.2) is 11.5 Å². The minimum absolute atomic E-state index is 0.0804. The summed E-state index contributed by atoms with van der Waals surface area (Å²) in [6.45, 7) is 3.01. The number of fused-ring (bicyclic) bond motifs is 2. The molecule has 4 rings (SSSR count). The van der Waals surface area contributed by atoms with Gasteiger partial charge in [-0.3, -0.25) is 19.3 Å². The van der Waals surface area contributed by atoms with Crippen molar-refractivity contribution < 1.29 is 23.9 Å². The van der Waals surface area contributed by atoms with Gasteiger partial charge in [-0.1, -0.05) is 11.6 Å². The fourth-order valence-electron chi connectivity index (χ4n) is 4.07. The maximum Gasteiger partial charge on any atom is 0.261 e. The second-order valence-electron chi connectivity index (χ2n) is 7.60. The number of nitrogens with zero attached hydrogens (tertiary/aromatic N) is 2. The van der Waals surface area contributed by atoms with Crippen LogP contribution in [0.1, 0.15) is 43.8 Å². The molecule has 0 N–H and O–H groups in total. The summed E-state index contributed by atoms with van der Waals surface area (Å²) in [4.78, 5) is 40.9. The van der Waals surface area contributed by atoms with Crippen molar-refractivity contribution >= 4 is 17.7 Å². The predicted octanol–water partition coefficient (Wildman–Crippen LogP) is 2.58. The molecule has 0 spiro atoms. The standard InChI is InChI=1S/C23H24N2O5/c1-14-4-5-17-18(10-14)23(28)25(22(17)27)9-7-21(26)24-8-6-15-11-19(29-2)20(30-3)12-16(15)13-24/h4-5,10-12H,6-9,13H2,1-3H3. The molecule has 0 radical (unpaired) electrons. The summed E-state index contributed by atoms with van der Waals surface area (Å²) in [5.74, 6) is 0.572. The van der Waals surface area contributed by atoms with Crippen LogP contribution >= 0.6 is 0 Å². The highest BCUT2D eigenvalue weighted by Crippen LogP contribution is 2.33. The lowest BCUT2D eigenvalue weighted by atomic mass is 9.98. The first kappa shape index (κ1) is 19.9. The minimum Gasteiger partial charge on any atom is -0.493 e. The van der Waals surface area contributed by atoms with E-state index < -0.39 is 0 Å². The van der Waals surface area contributed by atoms with E-state index in [1.54, 1.807) is 31.3 Å². The van der Waals surface area contributed by atoms with Crippen molar-refractivity contribution in [1.82, 2.24) is 9.80 Å². The number of carbonyl (C=O) groups is 3. The molecule has 0 aliphatic carbocycles. The van der Waals surface area contributed by atoms with Crippen molar-refractivity contribution in [1.29, 1.82) is 0 Å². The number of ether oxygens (including phenoxy) is 2. The summed E-state index contributed by atoms with van der Waals surface area (Å²) in [7, 11) is 3.18. The van der Waals surface area contributed by atoms with Crippen LogP contribution in [0.3, 0.4) is 0 Å². The maximum absolute atomic E-state index is 12.8. The van der Waals surface area contributed by atoms with Gasteiger partial charge in [-0.15, -0.1) is 0 Å². The number of imide groups is 1. The Labute approximate surface area is 175 Å². The van der Waals surface area contributed by atoms with Crippen molar-refractivity contribution in [2.75, 3.05) is 27.3 Å². The van der Waals surface area contributed by atoms with E-state index >= 15 is 0 Å². The summed E-state index contributed by atoms with van der Waals surface area (Å²) < 4.78 is 10.7. The van der Waals surface area contributed by atoms with Crippen molar-refractivity contribution in [2.45, 2.75) is 26.3 Å². The molecule has 0 saturated heterocycles. The molecule has 0 atom stereocenters. The fraction of sp³-hybridized carbons (Fsp3) is 0.348. The van der Waals surface area contributed by atoms with Gasteiger partial charge in [0.2, 0.25) is 5.91 Å². The van der Waals surface area contributed by atoms with Gasteiger partial charge in [0.05, 0.1) is 25.3 Å². The number of hydrogen-bond acceptors (Lipinski definition) is 5. The summed E-state index contributed by atoms with van der Waals surface area (Å²) in [5.41, 5.74) is 3.90. The van der Waals surface area contributed by atoms with Crippen molar-refractivity contribution in [3.05, 3.63) is 58.1 Å². The lowest BCUT2D eigenvalue weighted by Crippen LogP contribution is -2.39. The molecule has 0 unspecified atom stereocenters. The van der Waals surface area contributed by atoms with Crippen LogP contribution < -0.4 is 9.47 Å². The molecular weight excluding hydrogens is 384 g/mol. The largest absolute Gasteiger partial charge is 0.493 e. The summed E-state index contributed by atoms with van der Waals surface area (Å²) in [6, 6.07) is 9.07. The molecule has 3 amide bonds. The Morgan fingerprint density at radius 2 is 1.63 bits per heavy atom. The molecule has 2 aromatic rings. The Balaban J connectivity index is 1.42. The van der Waals surface area contributed by atoms with E-state index in [9.17, 15) is 14.4 Å². The van der Waals surface area contributed by atoms with Crippen molar-refractivity contribution in [2.24, 2.45) is 0 Å². The number of aryl methyl sites for hydroxylation is 1. The molecule has 0 aromatic heterocycles. The molecule has 0 saturated carbocycles. The molecule has 0 fully saturated rings. The average molecular weight is 408 g/mol. The first-order chi connectivity index (χ1) is 14.4. The smallest absolute Gasteiger partial charge is 0.261 e.